The first kappa shape index (κ1) is 25.2. The fourth-order valence-electron chi connectivity index (χ4n) is 4.65. The van der Waals surface area contributed by atoms with Crippen molar-refractivity contribution in [3.63, 3.8) is 0 Å². The molecule has 0 amide bonds. The van der Waals surface area contributed by atoms with E-state index in [1.54, 1.807) is 16.9 Å². The van der Waals surface area contributed by atoms with Gasteiger partial charge in [-0.05, 0) is 59.5 Å². The number of nitrogens with zero attached hydrogens (tertiary/aromatic N) is 4. The van der Waals surface area contributed by atoms with Crippen LogP contribution in [0.15, 0.2) is 48.7 Å². The van der Waals surface area contributed by atoms with E-state index in [4.69, 9.17) is 9.72 Å². The highest BCUT2D eigenvalue weighted by atomic mass is 28.3. The molecular weight excluding hydrogens is 488 g/mol. The minimum absolute atomic E-state index is 0.296. The first-order valence-electron chi connectivity index (χ1n) is 12.4. The largest absolute Gasteiger partial charge is 0.360 e. The lowest BCUT2D eigenvalue weighted by atomic mass is 9.94. The lowest BCUT2D eigenvalue weighted by molar-refractivity contribution is 0.0817. The molecule has 0 saturated heterocycles. The first-order valence-corrected chi connectivity index (χ1v) is 16.1. The SMILES string of the molecule is C[Si](C)(C)CCOCn1ncc2nc3c(cc21)-c1cc(C#N)ccc1CN[C@H]3Cc1cc(F)cc(F)c1. The molecule has 3 heterocycles. The second-order valence-corrected chi connectivity index (χ2v) is 16.3. The number of hydrogen-bond acceptors (Lipinski definition) is 5. The van der Waals surface area contributed by atoms with E-state index in [0.717, 1.165) is 40.0 Å². The molecule has 0 unspecified atom stereocenters. The van der Waals surface area contributed by atoms with E-state index in [-0.39, 0.29) is 6.04 Å². The van der Waals surface area contributed by atoms with Crippen molar-refractivity contribution in [2.24, 2.45) is 0 Å². The predicted molar refractivity (Wildman–Crippen MR) is 141 cm³/mol. The van der Waals surface area contributed by atoms with E-state index in [9.17, 15) is 14.0 Å². The molecule has 6 nitrogen and oxygen atoms in total. The summed E-state index contributed by atoms with van der Waals surface area (Å²) in [6, 6.07) is 14.2. The highest BCUT2D eigenvalue weighted by Gasteiger charge is 2.26. The Morgan fingerprint density at radius 1 is 1.11 bits per heavy atom. The topological polar surface area (TPSA) is 75.8 Å². The van der Waals surface area contributed by atoms with Crippen LogP contribution in [0.4, 0.5) is 8.78 Å². The summed E-state index contributed by atoms with van der Waals surface area (Å²) < 4.78 is 35.6. The third-order valence-electron chi connectivity index (χ3n) is 6.63. The van der Waals surface area contributed by atoms with Crippen LogP contribution < -0.4 is 5.32 Å². The van der Waals surface area contributed by atoms with Gasteiger partial charge in [0.05, 0.1) is 35.1 Å². The third kappa shape index (κ3) is 5.61. The van der Waals surface area contributed by atoms with Crippen molar-refractivity contribution in [2.45, 2.75) is 51.4 Å². The lowest BCUT2D eigenvalue weighted by Crippen LogP contribution is -2.23. The molecule has 0 bridgehead atoms. The smallest absolute Gasteiger partial charge is 0.140 e. The first-order chi connectivity index (χ1) is 17.7. The monoisotopic (exact) mass is 517 g/mol. The van der Waals surface area contributed by atoms with Crippen LogP contribution >= 0.6 is 0 Å². The average Bonchev–Trinajstić information content (AvgIpc) is 3.17. The van der Waals surface area contributed by atoms with Gasteiger partial charge in [0, 0.05) is 32.9 Å². The highest BCUT2D eigenvalue weighted by Crippen LogP contribution is 2.37. The maximum Gasteiger partial charge on any atom is 0.140 e. The lowest BCUT2D eigenvalue weighted by Gasteiger charge is -2.19. The van der Waals surface area contributed by atoms with Crippen molar-refractivity contribution in [1.82, 2.24) is 20.1 Å². The summed E-state index contributed by atoms with van der Waals surface area (Å²) >= 11 is 0. The zero-order chi connectivity index (χ0) is 26.2. The summed E-state index contributed by atoms with van der Waals surface area (Å²) in [6.07, 6.45) is 2.07. The molecule has 4 aromatic rings. The summed E-state index contributed by atoms with van der Waals surface area (Å²) in [7, 11) is -1.20. The van der Waals surface area contributed by atoms with Gasteiger partial charge < -0.3 is 10.1 Å². The van der Waals surface area contributed by atoms with Gasteiger partial charge in [-0.2, -0.15) is 10.4 Å². The number of nitrogens with one attached hydrogen (secondary N) is 1. The number of halogens is 2. The Morgan fingerprint density at radius 3 is 2.62 bits per heavy atom. The molecule has 0 aliphatic carbocycles. The molecule has 1 aliphatic rings. The van der Waals surface area contributed by atoms with Crippen LogP contribution in [0.3, 0.4) is 0 Å². The van der Waals surface area contributed by atoms with E-state index in [0.29, 0.717) is 42.9 Å². The summed E-state index contributed by atoms with van der Waals surface area (Å²) in [6.45, 7) is 8.48. The van der Waals surface area contributed by atoms with Gasteiger partial charge in [0.15, 0.2) is 0 Å². The number of ether oxygens (including phenoxy) is 1. The fourth-order valence-corrected chi connectivity index (χ4v) is 5.40. The molecule has 37 heavy (non-hydrogen) atoms. The van der Waals surface area contributed by atoms with Gasteiger partial charge in [-0.1, -0.05) is 25.7 Å². The van der Waals surface area contributed by atoms with Gasteiger partial charge >= 0.3 is 0 Å². The van der Waals surface area contributed by atoms with Crippen LogP contribution in [0.2, 0.25) is 25.7 Å². The summed E-state index contributed by atoms with van der Waals surface area (Å²) in [4.78, 5) is 4.98. The molecule has 190 valence electrons. The van der Waals surface area contributed by atoms with Gasteiger partial charge in [0.1, 0.15) is 23.9 Å². The molecule has 9 heteroatoms. The Kier molecular flexibility index (Phi) is 6.90. The van der Waals surface area contributed by atoms with Crippen molar-refractivity contribution in [3.8, 4) is 17.2 Å². The number of nitriles is 1. The molecule has 0 spiro atoms. The normalized spacial score (nSPS) is 15.2. The van der Waals surface area contributed by atoms with Gasteiger partial charge in [-0.15, -0.1) is 0 Å². The third-order valence-corrected chi connectivity index (χ3v) is 8.33. The zero-order valence-electron chi connectivity index (χ0n) is 21.2. The fraction of sp³-hybridized carbons (Fsp3) is 0.321. The minimum atomic E-state index is -1.20. The van der Waals surface area contributed by atoms with Crippen LogP contribution in [0.1, 0.15) is 28.4 Å². The predicted octanol–water partition coefficient (Wildman–Crippen LogP) is 5.95. The molecule has 1 aliphatic heterocycles. The Hall–Kier alpha value is -3.45. The Bertz CT molecular complexity index is 1480. The molecule has 0 fully saturated rings. The standard InChI is InChI=1S/C28H29F2N5OSi/c1-37(2,3)7-6-36-17-35-27-13-24-23-10-18(14-31)4-5-20(23)15-32-25(28(24)34-26(27)16-33-35)11-19-8-21(29)12-22(30)9-19/h4-5,8-10,12-13,16,25,32H,6-7,11,15,17H2,1-3H3/t25-/m0/s1. The summed E-state index contributed by atoms with van der Waals surface area (Å²) in [5.74, 6) is -1.21. The molecule has 0 saturated carbocycles. The van der Waals surface area contributed by atoms with Crippen molar-refractivity contribution < 1.29 is 13.5 Å². The van der Waals surface area contributed by atoms with Crippen LogP contribution in [0.5, 0.6) is 0 Å². The van der Waals surface area contributed by atoms with Crippen LogP contribution in [0, 0.1) is 23.0 Å². The van der Waals surface area contributed by atoms with E-state index >= 15 is 0 Å². The van der Waals surface area contributed by atoms with Gasteiger partial charge in [0.25, 0.3) is 0 Å². The van der Waals surface area contributed by atoms with Gasteiger partial charge in [0.2, 0.25) is 0 Å². The van der Waals surface area contributed by atoms with E-state index < -0.39 is 19.7 Å². The minimum Gasteiger partial charge on any atom is -0.360 e. The maximum atomic E-state index is 13.9. The number of hydrogen-bond donors (Lipinski definition) is 1. The molecular formula is C28H29F2N5OSi. The number of aromatic nitrogens is 3. The van der Waals surface area contributed by atoms with E-state index in [2.05, 4.69) is 36.1 Å². The van der Waals surface area contributed by atoms with Crippen molar-refractivity contribution >= 4 is 19.1 Å². The molecule has 1 atom stereocenters. The van der Waals surface area contributed by atoms with Crippen LogP contribution in [-0.2, 0) is 24.4 Å². The summed E-state index contributed by atoms with van der Waals surface area (Å²) in [5, 5.41) is 17.6. The quantitative estimate of drug-likeness (QED) is 0.242. The maximum absolute atomic E-state index is 13.9. The second kappa shape index (κ2) is 10.1. The summed E-state index contributed by atoms with van der Waals surface area (Å²) in [5.41, 5.74) is 6.20. The Balaban J connectivity index is 1.56. The van der Waals surface area contributed by atoms with Crippen molar-refractivity contribution in [2.75, 3.05) is 6.61 Å². The van der Waals surface area contributed by atoms with Gasteiger partial charge in [-0.3, -0.25) is 0 Å². The number of fused-ring (bicyclic) bond motifs is 4. The molecule has 2 aromatic carbocycles. The number of pyridine rings is 1. The second-order valence-electron chi connectivity index (χ2n) is 10.7. The number of rotatable bonds is 7. The van der Waals surface area contributed by atoms with Crippen molar-refractivity contribution in [3.05, 3.63) is 82.7 Å². The van der Waals surface area contributed by atoms with E-state index in [1.165, 1.54) is 12.1 Å². The number of benzene rings is 2. The molecule has 2 aromatic heterocycles. The molecule has 0 radical (unpaired) electrons. The Morgan fingerprint density at radius 2 is 1.89 bits per heavy atom. The highest BCUT2D eigenvalue weighted by molar-refractivity contribution is 6.76. The van der Waals surface area contributed by atoms with E-state index in [1.807, 2.05) is 18.2 Å². The zero-order valence-corrected chi connectivity index (χ0v) is 22.2. The van der Waals surface area contributed by atoms with Crippen LogP contribution in [-0.4, -0.2) is 29.4 Å². The molecule has 5 rings (SSSR count). The molecule has 1 N–H and O–H groups in total. The Labute approximate surface area is 215 Å². The van der Waals surface area contributed by atoms with Gasteiger partial charge in [-0.25, -0.2) is 18.4 Å². The van der Waals surface area contributed by atoms with Crippen LogP contribution in [0.25, 0.3) is 22.2 Å². The average molecular weight is 518 g/mol. The van der Waals surface area contributed by atoms with Crippen molar-refractivity contribution in [1.29, 1.82) is 5.26 Å².